The normalized spacial score (nSPS) is 40.0. The minimum atomic E-state index is -2.10. The monoisotopic (exact) mass is 148 g/mol. The molecule has 0 aromatic rings. The van der Waals surface area contributed by atoms with Crippen LogP contribution >= 0.6 is 0 Å². The zero-order valence-electron chi connectivity index (χ0n) is 5.15. The lowest BCUT2D eigenvalue weighted by Gasteiger charge is -2.17. The number of hydrogen-bond donors (Lipinski definition) is 3. The average Bonchev–Trinajstić information content (AvgIpc) is 2.15. The minimum Gasteiger partial charge on any atom is -0.479 e. The van der Waals surface area contributed by atoms with Crippen LogP contribution in [0.2, 0.25) is 0 Å². The van der Waals surface area contributed by atoms with Crippen LogP contribution in [0, 0.1) is 0 Å². The van der Waals surface area contributed by atoms with Crippen LogP contribution in [0.3, 0.4) is 0 Å². The smallest absolute Gasteiger partial charge is 0.341 e. The van der Waals surface area contributed by atoms with Crippen molar-refractivity contribution in [2.24, 2.45) is 0 Å². The molecule has 1 saturated heterocycles. The summed E-state index contributed by atoms with van der Waals surface area (Å²) in [6.45, 7) is -0.466. The van der Waals surface area contributed by atoms with Gasteiger partial charge in [-0.1, -0.05) is 0 Å². The minimum absolute atomic E-state index is 0.122. The van der Waals surface area contributed by atoms with E-state index in [9.17, 15) is 4.79 Å². The van der Waals surface area contributed by atoms with Crippen molar-refractivity contribution < 1.29 is 24.9 Å². The third kappa shape index (κ3) is 0.880. The van der Waals surface area contributed by atoms with Crippen LogP contribution in [0.5, 0.6) is 0 Å². The Morgan fingerprint density at radius 2 is 2.30 bits per heavy atom. The maximum atomic E-state index is 10.2. The van der Waals surface area contributed by atoms with Crippen molar-refractivity contribution in [3.8, 4) is 0 Å². The molecule has 0 unspecified atom stereocenters. The van der Waals surface area contributed by atoms with Gasteiger partial charge in [-0.15, -0.1) is 0 Å². The van der Waals surface area contributed by atoms with Gasteiger partial charge in [-0.3, -0.25) is 0 Å². The molecule has 0 spiro atoms. The Morgan fingerprint density at radius 3 is 2.50 bits per heavy atom. The molecule has 5 nitrogen and oxygen atoms in total. The van der Waals surface area contributed by atoms with Gasteiger partial charge < -0.3 is 20.1 Å². The molecule has 1 aliphatic heterocycles. The van der Waals surface area contributed by atoms with Gasteiger partial charge in [0.25, 0.3) is 0 Å². The van der Waals surface area contributed by atoms with Gasteiger partial charge in [-0.2, -0.15) is 0 Å². The molecule has 1 aliphatic rings. The Hall–Kier alpha value is -0.650. The largest absolute Gasteiger partial charge is 0.479 e. The molecule has 3 N–H and O–H groups in total. The molecular weight excluding hydrogens is 140 g/mol. The lowest BCUT2D eigenvalue weighted by Crippen LogP contribution is -2.48. The van der Waals surface area contributed by atoms with Crippen molar-refractivity contribution in [3.05, 3.63) is 0 Å². The fraction of sp³-hybridized carbons (Fsp3) is 0.800. The Balaban J connectivity index is 2.75. The molecule has 2 atom stereocenters. The van der Waals surface area contributed by atoms with E-state index in [1.165, 1.54) is 0 Å². The third-order valence-corrected chi connectivity index (χ3v) is 1.52. The number of aliphatic carboxylic acids is 1. The van der Waals surface area contributed by atoms with Gasteiger partial charge in [-0.05, 0) is 0 Å². The SMILES string of the molecule is O=C(O)[C@@]1(O)COC[C@H]1O. The number of aliphatic hydroxyl groups excluding tert-OH is 1. The van der Waals surface area contributed by atoms with Crippen LogP contribution < -0.4 is 0 Å². The molecule has 1 fully saturated rings. The van der Waals surface area contributed by atoms with Gasteiger partial charge in [0.05, 0.1) is 13.2 Å². The summed E-state index contributed by atoms with van der Waals surface area (Å²) in [5.74, 6) is -1.45. The van der Waals surface area contributed by atoms with Crippen molar-refractivity contribution >= 4 is 5.97 Å². The first kappa shape index (κ1) is 7.46. The maximum Gasteiger partial charge on any atom is 0.341 e. The van der Waals surface area contributed by atoms with Crippen LogP contribution in [-0.2, 0) is 9.53 Å². The van der Waals surface area contributed by atoms with E-state index in [1.807, 2.05) is 0 Å². The summed E-state index contributed by atoms with van der Waals surface area (Å²) in [6.07, 6.45) is -1.31. The molecule has 0 aliphatic carbocycles. The van der Waals surface area contributed by atoms with Gasteiger partial charge in [0, 0.05) is 0 Å². The molecule has 10 heavy (non-hydrogen) atoms. The summed E-state index contributed by atoms with van der Waals surface area (Å²) in [5, 5.41) is 26.3. The molecule has 0 amide bonds. The number of hydrogen-bond acceptors (Lipinski definition) is 4. The Kier molecular flexibility index (Phi) is 1.63. The van der Waals surface area contributed by atoms with Gasteiger partial charge in [0.2, 0.25) is 5.60 Å². The topological polar surface area (TPSA) is 87.0 Å². The average molecular weight is 148 g/mol. The first-order valence-corrected chi connectivity index (χ1v) is 2.79. The Morgan fingerprint density at radius 1 is 1.70 bits per heavy atom. The van der Waals surface area contributed by atoms with Gasteiger partial charge in [-0.25, -0.2) is 4.79 Å². The van der Waals surface area contributed by atoms with E-state index >= 15 is 0 Å². The van der Waals surface area contributed by atoms with Crippen LogP contribution in [0.15, 0.2) is 0 Å². The predicted molar refractivity (Wildman–Crippen MR) is 29.4 cm³/mol. The predicted octanol–water partition coefficient (Wildman–Crippen LogP) is -1.81. The summed E-state index contributed by atoms with van der Waals surface area (Å²) < 4.78 is 4.55. The molecule has 58 valence electrons. The molecule has 1 rings (SSSR count). The summed E-state index contributed by atoms with van der Waals surface area (Å²) >= 11 is 0. The lowest BCUT2D eigenvalue weighted by molar-refractivity contribution is -0.166. The fourth-order valence-corrected chi connectivity index (χ4v) is 0.764. The number of ether oxygens (including phenoxy) is 1. The summed E-state index contributed by atoms with van der Waals surface area (Å²) in [5.41, 5.74) is -2.10. The molecular formula is C5H8O5. The fourth-order valence-electron chi connectivity index (χ4n) is 0.764. The molecule has 0 aromatic carbocycles. The van der Waals surface area contributed by atoms with Crippen LogP contribution in [0.25, 0.3) is 0 Å². The molecule has 0 aromatic heterocycles. The van der Waals surface area contributed by atoms with E-state index in [0.29, 0.717) is 0 Å². The van der Waals surface area contributed by atoms with E-state index in [-0.39, 0.29) is 13.2 Å². The Labute approximate surface area is 56.9 Å². The van der Waals surface area contributed by atoms with Crippen molar-refractivity contribution in [2.75, 3.05) is 13.2 Å². The van der Waals surface area contributed by atoms with E-state index < -0.39 is 17.7 Å². The van der Waals surface area contributed by atoms with Crippen molar-refractivity contribution in [1.82, 2.24) is 0 Å². The van der Waals surface area contributed by atoms with E-state index in [0.717, 1.165) is 0 Å². The molecule has 1 heterocycles. The second kappa shape index (κ2) is 2.19. The van der Waals surface area contributed by atoms with Gasteiger partial charge in [0.1, 0.15) is 6.10 Å². The highest BCUT2D eigenvalue weighted by atomic mass is 16.5. The highest BCUT2D eigenvalue weighted by Gasteiger charge is 2.48. The number of carbonyl (C=O) groups is 1. The highest BCUT2D eigenvalue weighted by Crippen LogP contribution is 2.18. The van der Waals surface area contributed by atoms with E-state index in [1.54, 1.807) is 0 Å². The van der Waals surface area contributed by atoms with Crippen LogP contribution in [0.1, 0.15) is 0 Å². The zero-order chi connectivity index (χ0) is 7.78. The first-order valence-electron chi connectivity index (χ1n) is 2.79. The molecule has 5 heteroatoms. The molecule has 0 saturated carbocycles. The number of aliphatic hydroxyl groups is 2. The van der Waals surface area contributed by atoms with Crippen molar-refractivity contribution in [2.45, 2.75) is 11.7 Å². The number of carboxylic acids is 1. The first-order chi connectivity index (χ1) is 4.57. The second-order valence-corrected chi connectivity index (χ2v) is 2.26. The third-order valence-electron chi connectivity index (χ3n) is 1.52. The summed E-state index contributed by atoms with van der Waals surface area (Å²) in [7, 11) is 0. The van der Waals surface area contributed by atoms with E-state index in [4.69, 9.17) is 15.3 Å². The number of carboxylic acid groups (broad SMARTS) is 1. The second-order valence-electron chi connectivity index (χ2n) is 2.26. The number of rotatable bonds is 1. The van der Waals surface area contributed by atoms with Gasteiger partial charge in [0.15, 0.2) is 0 Å². The maximum absolute atomic E-state index is 10.2. The Bertz CT molecular complexity index is 156. The summed E-state index contributed by atoms with van der Waals surface area (Å²) in [4.78, 5) is 10.2. The van der Waals surface area contributed by atoms with Gasteiger partial charge >= 0.3 is 5.97 Å². The van der Waals surface area contributed by atoms with Crippen molar-refractivity contribution in [1.29, 1.82) is 0 Å². The highest BCUT2D eigenvalue weighted by molar-refractivity contribution is 5.78. The van der Waals surface area contributed by atoms with Crippen LogP contribution in [0.4, 0.5) is 0 Å². The molecule has 0 bridgehead atoms. The quantitative estimate of drug-likeness (QED) is 0.408. The zero-order valence-corrected chi connectivity index (χ0v) is 5.15. The summed E-state index contributed by atoms with van der Waals surface area (Å²) in [6, 6.07) is 0. The lowest BCUT2D eigenvalue weighted by atomic mass is 10.0. The standard InChI is InChI=1S/C5H8O5/c6-3-1-10-2-5(3,9)4(7)8/h3,6,9H,1-2H2,(H,7,8)/t3-,5-/m1/s1. The van der Waals surface area contributed by atoms with Crippen molar-refractivity contribution in [3.63, 3.8) is 0 Å². The van der Waals surface area contributed by atoms with E-state index in [2.05, 4.69) is 4.74 Å². The molecule has 0 radical (unpaired) electrons. The van der Waals surface area contributed by atoms with Crippen LogP contribution in [-0.4, -0.2) is 46.2 Å².